The topological polar surface area (TPSA) is 54.4 Å². The molecule has 3 aromatic carbocycles. The summed E-state index contributed by atoms with van der Waals surface area (Å²) in [6.07, 6.45) is 0. The SMILES string of the molecule is O=S(=O)(O)c1c(I)c(I)c(I)c2c(I)cc3ccccc3c12. The lowest BCUT2D eigenvalue weighted by Crippen LogP contribution is -2.06. The molecule has 3 aromatic rings. The van der Waals surface area contributed by atoms with Crippen molar-refractivity contribution in [2.24, 2.45) is 0 Å². The predicted molar refractivity (Wildman–Crippen MR) is 122 cm³/mol. The van der Waals surface area contributed by atoms with Gasteiger partial charge in [-0.3, -0.25) is 4.55 Å². The van der Waals surface area contributed by atoms with Crippen LogP contribution in [0.1, 0.15) is 0 Å². The van der Waals surface area contributed by atoms with E-state index in [0.717, 1.165) is 26.9 Å². The summed E-state index contributed by atoms with van der Waals surface area (Å²) in [5, 5.41) is 3.26. The van der Waals surface area contributed by atoms with Crippen molar-refractivity contribution in [3.8, 4) is 0 Å². The molecular formula is C14H6I4O3S. The Balaban J connectivity index is 2.81. The summed E-state index contributed by atoms with van der Waals surface area (Å²) in [5.74, 6) is 0. The number of fused-ring (bicyclic) bond motifs is 3. The van der Waals surface area contributed by atoms with Gasteiger partial charge in [-0.25, -0.2) is 0 Å². The maximum atomic E-state index is 12.0. The summed E-state index contributed by atoms with van der Waals surface area (Å²) in [6, 6.07) is 9.67. The summed E-state index contributed by atoms with van der Waals surface area (Å²) >= 11 is 8.58. The molecule has 0 amide bonds. The molecule has 0 fully saturated rings. The van der Waals surface area contributed by atoms with Crippen molar-refractivity contribution in [2.45, 2.75) is 4.90 Å². The van der Waals surface area contributed by atoms with Crippen LogP contribution in [-0.2, 0) is 10.1 Å². The minimum absolute atomic E-state index is 0.00244. The summed E-state index contributed by atoms with van der Waals surface area (Å²) < 4.78 is 37.2. The fraction of sp³-hybridized carbons (Fsp3) is 0. The third kappa shape index (κ3) is 2.88. The minimum atomic E-state index is -4.33. The van der Waals surface area contributed by atoms with Gasteiger partial charge >= 0.3 is 0 Å². The summed E-state index contributed by atoms with van der Waals surface area (Å²) in [4.78, 5) is 0.00244. The van der Waals surface area contributed by atoms with Gasteiger partial charge in [-0.05, 0) is 107 Å². The molecule has 0 aliphatic carbocycles. The van der Waals surface area contributed by atoms with Crippen molar-refractivity contribution in [1.82, 2.24) is 0 Å². The quantitative estimate of drug-likeness (QED) is 0.151. The first-order valence-electron chi connectivity index (χ1n) is 5.88. The molecule has 22 heavy (non-hydrogen) atoms. The smallest absolute Gasteiger partial charge is 0.282 e. The van der Waals surface area contributed by atoms with Crippen LogP contribution in [0, 0.1) is 14.3 Å². The second-order valence-corrected chi connectivity index (χ2v) is 10.3. The summed E-state index contributed by atoms with van der Waals surface area (Å²) in [5.41, 5.74) is 0. The third-order valence-corrected chi connectivity index (χ3v) is 10.7. The largest absolute Gasteiger partial charge is 0.296 e. The second-order valence-electron chi connectivity index (χ2n) is 4.58. The van der Waals surface area contributed by atoms with Gasteiger partial charge in [-0.1, -0.05) is 24.3 Å². The normalized spacial score (nSPS) is 12.2. The predicted octanol–water partition coefficient (Wildman–Crippen LogP) is 5.66. The molecule has 0 saturated carbocycles. The van der Waals surface area contributed by atoms with Crippen molar-refractivity contribution in [1.29, 1.82) is 0 Å². The molecule has 114 valence electrons. The van der Waals surface area contributed by atoms with Crippen LogP contribution in [0.25, 0.3) is 21.5 Å². The monoisotopic (exact) mass is 762 g/mol. The molecule has 0 aromatic heterocycles. The standard InChI is InChI=1S/C14H6I4O3S/c15-8-5-6-3-1-2-4-7(6)9-10(8)11(16)12(17)13(18)14(9)22(19,20)21/h1-5H,(H,19,20,21). The highest BCUT2D eigenvalue weighted by molar-refractivity contribution is 14.1. The number of rotatable bonds is 1. The van der Waals surface area contributed by atoms with Gasteiger partial charge < -0.3 is 0 Å². The van der Waals surface area contributed by atoms with Gasteiger partial charge in [0.2, 0.25) is 0 Å². The average molecular weight is 762 g/mol. The van der Waals surface area contributed by atoms with Crippen molar-refractivity contribution in [3.63, 3.8) is 0 Å². The van der Waals surface area contributed by atoms with Gasteiger partial charge in [0.15, 0.2) is 0 Å². The Bertz CT molecular complexity index is 1050. The Morgan fingerprint density at radius 1 is 0.864 bits per heavy atom. The second kappa shape index (κ2) is 6.38. The molecule has 0 saturated heterocycles. The van der Waals surface area contributed by atoms with Crippen LogP contribution in [0.2, 0.25) is 0 Å². The molecular weight excluding hydrogens is 756 g/mol. The first-order chi connectivity index (χ1) is 10.2. The van der Waals surface area contributed by atoms with Crippen LogP contribution in [0.5, 0.6) is 0 Å². The fourth-order valence-corrected chi connectivity index (χ4v) is 8.05. The molecule has 0 unspecified atom stereocenters. The van der Waals surface area contributed by atoms with E-state index in [1.807, 2.05) is 52.9 Å². The molecule has 0 bridgehead atoms. The van der Waals surface area contributed by atoms with Crippen molar-refractivity contribution in [2.75, 3.05) is 0 Å². The summed E-state index contributed by atoms with van der Waals surface area (Å²) in [6.45, 7) is 0. The Labute approximate surface area is 181 Å². The molecule has 1 N–H and O–H groups in total. The highest BCUT2D eigenvalue weighted by Crippen LogP contribution is 2.41. The van der Waals surface area contributed by atoms with E-state index in [-0.39, 0.29) is 4.90 Å². The van der Waals surface area contributed by atoms with E-state index in [9.17, 15) is 13.0 Å². The van der Waals surface area contributed by atoms with Gasteiger partial charge in [-0.15, -0.1) is 0 Å². The molecule has 0 heterocycles. The lowest BCUT2D eigenvalue weighted by Gasteiger charge is -2.15. The Morgan fingerprint density at radius 3 is 2.14 bits per heavy atom. The molecule has 0 radical (unpaired) electrons. The maximum Gasteiger partial charge on any atom is 0.296 e. The van der Waals surface area contributed by atoms with Crippen molar-refractivity contribution >= 4 is 122 Å². The van der Waals surface area contributed by atoms with Crippen LogP contribution < -0.4 is 0 Å². The zero-order valence-electron chi connectivity index (χ0n) is 10.6. The maximum absolute atomic E-state index is 12.0. The zero-order valence-corrected chi connectivity index (χ0v) is 20.0. The summed E-state index contributed by atoms with van der Waals surface area (Å²) in [7, 11) is -4.33. The van der Waals surface area contributed by atoms with Crippen molar-refractivity contribution in [3.05, 3.63) is 44.6 Å². The van der Waals surface area contributed by atoms with E-state index >= 15 is 0 Å². The lowest BCUT2D eigenvalue weighted by molar-refractivity contribution is 0.483. The van der Waals surface area contributed by atoms with E-state index in [2.05, 4.69) is 67.8 Å². The Kier molecular flexibility index (Phi) is 5.17. The molecule has 0 aliphatic rings. The number of hydrogen-bond donors (Lipinski definition) is 1. The van der Waals surface area contributed by atoms with Crippen LogP contribution >= 0.6 is 90.4 Å². The van der Waals surface area contributed by atoms with Gasteiger partial charge in [0.1, 0.15) is 4.90 Å². The van der Waals surface area contributed by atoms with E-state index < -0.39 is 10.1 Å². The van der Waals surface area contributed by atoms with Crippen molar-refractivity contribution < 1.29 is 13.0 Å². The van der Waals surface area contributed by atoms with Crippen LogP contribution in [-0.4, -0.2) is 13.0 Å². The molecule has 0 aliphatic heterocycles. The molecule has 0 atom stereocenters. The van der Waals surface area contributed by atoms with E-state index in [1.54, 1.807) is 0 Å². The molecule has 8 heteroatoms. The van der Waals surface area contributed by atoms with Crippen LogP contribution in [0.3, 0.4) is 0 Å². The average Bonchev–Trinajstić information content (AvgIpc) is 2.43. The fourth-order valence-electron chi connectivity index (χ4n) is 2.42. The minimum Gasteiger partial charge on any atom is -0.282 e. The third-order valence-electron chi connectivity index (χ3n) is 3.29. The highest BCUT2D eigenvalue weighted by Gasteiger charge is 2.26. The lowest BCUT2D eigenvalue weighted by atomic mass is 10.0. The van der Waals surface area contributed by atoms with E-state index in [4.69, 9.17) is 0 Å². The van der Waals surface area contributed by atoms with Crippen LogP contribution in [0.15, 0.2) is 35.2 Å². The van der Waals surface area contributed by atoms with Gasteiger partial charge in [0, 0.05) is 25.1 Å². The molecule has 0 spiro atoms. The van der Waals surface area contributed by atoms with Gasteiger partial charge in [-0.2, -0.15) is 8.42 Å². The number of benzene rings is 3. The van der Waals surface area contributed by atoms with E-state index in [1.165, 1.54) is 0 Å². The Hall–Kier alpha value is 1.01. The van der Waals surface area contributed by atoms with Crippen LogP contribution in [0.4, 0.5) is 0 Å². The number of hydrogen-bond acceptors (Lipinski definition) is 2. The molecule has 3 rings (SSSR count). The number of halogens is 4. The Morgan fingerprint density at radius 2 is 1.50 bits per heavy atom. The first-order valence-corrected chi connectivity index (χ1v) is 11.6. The first kappa shape index (κ1) is 17.8. The van der Waals surface area contributed by atoms with Gasteiger partial charge in [0.05, 0.1) is 0 Å². The van der Waals surface area contributed by atoms with Gasteiger partial charge in [0.25, 0.3) is 10.1 Å². The highest BCUT2D eigenvalue weighted by atomic mass is 127. The molecule has 3 nitrogen and oxygen atoms in total. The zero-order chi connectivity index (χ0) is 16.2. The van der Waals surface area contributed by atoms with E-state index in [0.29, 0.717) is 8.96 Å².